The fraction of sp³-hybridized carbons (Fsp3) is 0.150. The average molecular weight is 334 g/mol. The van der Waals surface area contributed by atoms with Crippen molar-refractivity contribution in [1.29, 1.82) is 0 Å². The van der Waals surface area contributed by atoms with E-state index in [9.17, 15) is 4.79 Å². The maximum absolute atomic E-state index is 12.2. The van der Waals surface area contributed by atoms with Crippen molar-refractivity contribution in [2.75, 3.05) is 20.8 Å². The smallest absolute Gasteiger partial charge is 0.268 e. The fourth-order valence-corrected chi connectivity index (χ4v) is 2.40. The van der Waals surface area contributed by atoms with Gasteiger partial charge in [-0.15, -0.1) is 0 Å². The summed E-state index contributed by atoms with van der Waals surface area (Å²) in [5, 5.41) is 3.74. The molecule has 1 amide bonds. The molecule has 1 heterocycles. The number of carbonyl (C=O) groups is 1. The van der Waals surface area contributed by atoms with E-state index in [1.807, 2.05) is 42.5 Å². The molecule has 2 aromatic carbocycles. The van der Waals surface area contributed by atoms with Crippen LogP contribution in [0.2, 0.25) is 0 Å². The standard InChI is InChI=1S/C20H18N2O3/c1-24-16-8-5-14(6-9-16)4-3-11-21-20(23)19-12-15-7-10-17(25-2)13-18(15)22-19/h5-10,12-13,22H,11H2,1-2H3,(H,21,23). The normalized spacial score (nSPS) is 10.0. The minimum atomic E-state index is -0.195. The van der Waals surface area contributed by atoms with Gasteiger partial charge in [-0.25, -0.2) is 0 Å². The summed E-state index contributed by atoms with van der Waals surface area (Å²) in [5.41, 5.74) is 2.22. The number of aromatic amines is 1. The van der Waals surface area contributed by atoms with E-state index in [4.69, 9.17) is 9.47 Å². The Morgan fingerprint density at radius 1 is 1.04 bits per heavy atom. The van der Waals surface area contributed by atoms with Gasteiger partial charge in [0.1, 0.15) is 17.2 Å². The Labute approximate surface area is 146 Å². The van der Waals surface area contributed by atoms with Crippen molar-refractivity contribution in [3.05, 3.63) is 59.8 Å². The van der Waals surface area contributed by atoms with Crippen LogP contribution >= 0.6 is 0 Å². The van der Waals surface area contributed by atoms with Crippen molar-refractivity contribution in [2.24, 2.45) is 0 Å². The monoisotopic (exact) mass is 334 g/mol. The number of fused-ring (bicyclic) bond motifs is 1. The lowest BCUT2D eigenvalue weighted by molar-refractivity contribution is 0.0954. The number of rotatable bonds is 4. The Balaban J connectivity index is 1.62. The van der Waals surface area contributed by atoms with Gasteiger partial charge in [-0.3, -0.25) is 4.79 Å². The minimum Gasteiger partial charge on any atom is -0.497 e. The first-order chi connectivity index (χ1) is 12.2. The number of benzene rings is 2. The highest BCUT2D eigenvalue weighted by Crippen LogP contribution is 2.21. The molecule has 0 aliphatic carbocycles. The molecule has 0 fully saturated rings. The van der Waals surface area contributed by atoms with Crippen LogP contribution in [0.4, 0.5) is 0 Å². The van der Waals surface area contributed by atoms with Crippen LogP contribution in [0.5, 0.6) is 11.5 Å². The van der Waals surface area contributed by atoms with E-state index >= 15 is 0 Å². The second kappa shape index (κ2) is 7.45. The Bertz CT molecular complexity index is 946. The summed E-state index contributed by atoms with van der Waals surface area (Å²) in [5.74, 6) is 7.27. The molecule has 0 unspecified atom stereocenters. The van der Waals surface area contributed by atoms with E-state index in [-0.39, 0.29) is 12.5 Å². The van der Waals surface area contributed by atoms with Crippen LogP contribution in [0.15, 0.2) is 48.5 Å². The van der Waals surface area contributed by atoms with E-state index in [1.54, 1.807) is 20.3 Å². The van der Waals surface area contributed by atoms with Gasteiger partial charge in [-0.05, 0) is 42.5 Å². The first kappa shape index (κ1) is 16.5. The molecule has 1 aromatic heterocycles. The molecule has 3 rings (SSSR count). The lowest BCUT2D eigenvalue weighted by atomic mass is 10.2. The summed E-state index contributed by atoms with van der Waals surface area (Å²) in [6, 6.07) is 14.9. The second-order valence-electron chi connectivity index (χ2n) is 5.35. The minimum absolute atomic E-state index is 0.195. The molecule has 0 saturated carbocycles. The number of hydrogen-bond acceptors (Lipinski definition) is 3. The van der Waals surface area contributed by atoms with Crippen LogP contribution in [-0.4, -0.2) is 31.7 Å². The maximum atomic E-state index is 12.2. The third-order valence-corrected chi connectivity index (χ3v) is 3.73. The molecule has 0 saturated heterocycles. The zero-order valence-electron chi connectivity index (χ0n) is 14.1. The summed E-state index contributed by atoms with van der Waals surface area (Å²) >= 11 is 0. The van der Waals surface area contributed by atoms with Gasteiger partial charge in [0.25, 0.3) is 5.91 Å². The average Bonchev–Trinajstić information content (AvgIpc) is 3.08. The number of amides is 1. The van der Waals surface area contributed by atoms with Crippen LogP contribution in [0.3, 0.4) is 0 Å². The first-order valence-electron chi connectivity index (χ1n) is 7.77. The summed E-state index contributed by atoms with van der Waals surface area (Å²) in [4.78, 5) is 15.3. The summed E-state index contributed by atoms with van der Waals surface area (Å²) in [6.45, 7) is 0.267. The van der Waals surface area contributed by atoms with Crippen molar-refractivity contribution in [3.63, 3.8) is 0 Å². The van der Waals surface area contributed by atoms with E-state index in [0.717, 1.165) is 28.0 Å². The Kier molecular flexibility index (Phi) is 4.91. The molecular formula is C20H18N2O3. The molecule has 0 atom stereocenters. The van der Waals surface area contributed by atoms with E-state index in [0.29, 0.717) is 5.69 Å². The second-order valence-corrected chi connectivity index (χ2v) is 5.35. The van der Waals surface area contributed by atoms with Gasteiger partial charge < -0.3 is 19.8 Å². The quantitative estimate of drug-likeness (QED) is 0.721. The highest BCUT2D eigenvalue weighted by molar-refractivity contribution is 5.98. The lowest BCUT2D eigenvalue weighted by Crippen LogP contribution is -2.23. The van der Waals surface area contributed by atoms with E-state index < -0.39 is 0 Å². The zero-order valence-corrected chi connectivity index (χ0v) is 14.1. The number of ether oxygens (including phenoxy) is 2. The SMILES string of the molecule is COc1ccc(C#CCNC(=O)c2cc3ccc(OC)cc3[nH]2)cc1. The Hall–Kier alpha value is -3.39. The molecule has 25 heavy (non-hydrogen) atoms. The molecule has 5 nitrogen and oxygen atoms in total. The number of hydrogen-bond donors (Lipinski definition) is 2. The Morgan fingerprint density at radius 3 is 2.48 bits per heavy atom. The van der Waals surface area contributed by atoms with Gasteiger partial charge in [-0.2, -0.15) is 0 Å². The van der Waals surface area contributed by atoms with Gasteiger partial charge in [0.2, 0.25) is 0 Å². The van der Waals surface area contributed by atoms with Crippen molar-refractivity contribution in [1.82, 2.24) is 10.3 Å². The van der Waals surface area contributed by atoms with Crippen molar-refractivity contribution in [3.8, 4) is 23.3 Å². The van der Waals surface area contributed by atoms with Crippen molar-refractivity contribution in [2.45, 2.75) is 0 Å². The van der Waals surface area contributed by atoms with Gasteiger partial charge in [0, 0.05) is 22.5 Å². The highest BCUT2D eigenvalue weighted by atomic mass is 16.5. The van der Waals surface area contributed by atoms with E-state index in [2.05, 4.69) is 22.1 Å². The third kappa shape index (κ3) is 3.93. The van der Waals surface area contributed by atoms with Crippen molar-refractivity contribution < 1.29 is 14.3 Å². The van der Waals surface area contributed by atoms with Gasteiger partial charge in [0.15, 0.2) is 0 Å². The molecular weight excluding hydrogens is 316 g/mol. The maximum Gasteiger partial charge on any atom is 0.268 e. The molecule has 2 N–H and O–H groups in total. The van der Waals surface area contributed by atoms with Crippen LogP contribution in [0.1, 0.15) is 16.1 Å². The van der Waals surface area contributed by atoms with Gasteiger partial charge >= 0.3 is 0 Å². The third-order valence-electron chi connectivity index (χ3n) is 3.73. The van der Waals surface area contributed by atoms with E-state index in [1.165, 1.54) is 0 Å². The Morgan fingerprint density at radius 2 is 1.76 bits per heavy atom. The lowest BCUT2D eigenvalue weighted by Gasteiger charge is -1.99. The van der Waals surface area contributed by atoms with Crippen LogP contribution in [0, 0.1) is 11.8 Å². The number of nitrogens with one attached hydrogen (secondary N) is 2. The number of H-pyrrole nitrogens is 1. The molecule has 126 valence electrons. The predicted octanol–water partition coefficient (Wildman–Crippen LogP) is 2.97. The molecule has 0 spiro atoms. The molecule has 3 aromatic rings. The predicted molar refractivity (Wildman–Crippen MR) is 97.1 cm³/mol. The number of carbonyl (C=O) groups excluding carboxylic acids is 1. The summed E-state index contributed by atoms with van der Waals surface area (Å²) in [6.07, 6.45) is 0. The van der Waals surface area contributed by atoms with Crippen LogP contribution in [0.25, 0.3) is 10.9 Å². The van der Waals surface area contributed by atoms with Crippen molar-refractivity contribution >= 4 is 16.8 Å². The largest absolute Gasteiger partial charge is 0.497 e. The first-order valence-corrected chi connectivity index (χ1v) is 7.77. The zero-order chi connectivity index (χ0) is 17.6. The van der Waals surface area contributed by atoms with Gasteiger partial charge in [0.05, 0.1) is 20.8 Å². The molecule has 0 bridgehead atoms. The molecule has 0 aliphatic heterocycles. The molecule has 5 heteroatoms. The topological polar surface area (TPSA) is 63.4 Å². The number of aromatic nitrogens is 1. The summed E-state index contributed by atoms with van der Waals surface area (Å²) in [7, 11) is 3.23. The number of methoxy groups -OCH3 is 2. The fourth-order valence-electron chi connectivity index (χ4n) is 2.40. The van der Waals surface area contributed by atoms with Crippen LogP contribution < -0.4 is 14.8 Å². The van der Waals surface area contributed by atoms with Crippen LogP contribution in [-0.2, 0) is 0 Å². The molecule has 0 radical (unpaired) electrons. The van der Waals surface area contributed by atoms with Gasteiger partial charge in [-0.1, -0.05) is 11.8 Å². The molecule has 0 aliphatic rings. The highest BCUT2D eigenvalue weighted by Gasteiger charge is 2.08. The summed E-state index contributed by atoms with van der Waals surface area (Å²) < 4.78 is 10.3.